The van der Waals surface area contributed by atoms with Gasteiger partial charge in [-0.25, -0.2) is 0 Å². The summed E-state index contributed by atoms with van der Waals surface area (Å²) in [6, 6.07) is 0.992. The van der Waals surface area contributed by atoms with Crippen molar-refractivity contribution in [1.29, 1.82) is 0 Å². The van der Waals surface area contributed by atoms with Crippen molar-refractivity contribution in [3.05, 3.63) is 0 Å². The Morgan fingerprint density at radius 1 is 1.15 bits per heavy atom. The van der Waals surface area contributed by atoms with Crippen LogP contribution in [0.1, 0.15) is 52.9 Å². The maximum Gasteiger partial charge on any atom is 0.00953 e. The van der Waals surface area contributed by atoms with E-state index in [-0.39, 0.29) is 0 Å². The molecule has 1 unspecified atom stereocenters. The molecule has 1 nitrogen and oxygen atoms in total. The van der Waals surface area contributed by atoms with Crippen molar-refractivity contribution in [1.82, 2.24) is 4.90 Å². The summed E-state index contributed by atoms with van der Waals surface area (Å²) in [4.78, 5) is 2.72. The van der Waals surface area contributed by atoms with Gasteiger partial charge in [0.15, 0.2) is 0 Å². The minimum Gasteiger partial charge on any atom is -0.300 e. The molecular formula is C12H25N. The van der Waals surface area contributed by atoms with Crippen LogP contribution in [0.3, 0.4) is 0 Å². The largest absolute Gasteiger partial charge is 0.300 e. The molecule has 0 bridgehead atoms. The molecule has 2 fully saturated rings. The second-order valence-electron chi connectivity index (χ2n) is 4.14. The fraction of sp³-hybridized carbons (Fsp3) is 1.00. The summed E-state index contributed by atoms with van der Waals surface area (Å²) in [6.07, 6.45) is 7.31. The van der Waals surface area contributed by atoms with Gasteiger partial charge >= 0.3 is 0 Å². The average Bonchev–Trinajstić information content (AvgIpc) is 2.54. The topological polar surface area (TPSA) is 3.24 Å². The van der Waals surface area contributed by atoms with Crippen molar-refractivity contribution in [3.63, 3.8) is 0 Å². The Morgan fingerprint density at radius 3 is 2.23 bits per heavy atom. The first-order valence-electron chi connectivity index (χ1n) is 6.14. The molecule has 2 rings (SSSR count). The number of rotatable bonds is 2. The van der Waals surface area contributed by atoms with E-state index in [4.69, 9.17) is 0 Å². The Labute approximate surface area is 83.5 Å². The van der Waals surface area contributed by atoms with Crippen molar-refractivity contribution in [3.8, 4) is 0 Å². The zero-order valence-corrected chi connectivity index (χ0v) is 9.55. The molecule has 1 saturated heterocycles. The smallest absolute Gasteiger partial charge is 0.00953 e. The third-order valence-electron chi connectivity index (χ3n) is 3.49. The van der Waals surface area contributed by atoms with Gasteiger partial charge in [0.2, 0.25) is 0 Å². The summed E-state index contributed by atoms with van der Waals surface area (Å²) in [5.74, 6) is 1.02. The Kier molecular flexibility index (Phi) is 4.79. The molecule has 0 radical (unpaired) electrons. The van der Waals surface area contributed by atoms with E-state index in [0.717, 1.165) is 12.0 Å². The molecule has 0 spiro atoms. The van der Waals surface area contributed by atoms with Crippen LogP contribution in [0.4, 0.5) is 0 Å². The monoisotopic (exact) mass is 183 g/mol. The van der Waals surface area contributed by atoms with Crippen LogP contribution in [-0.2, 0) is 0 Å². The summed E-state index contributed by atoms with van der Waals surface area (Å²) in [5.41, 5.74) is 0. The van der Waals surface area contributed by atoms with E-state index in [1.165, 1.54) is 45.2 Å². The molecular weight excluding hydrogens is 158 g/mol. The van der Waals surface area contributed by atoms with Crippen LogP contribution in [0.2, 0.25) is 0 Å². The Morgan fingerprint density at radius 2 is 1.85 bits per heavy atom. The second-order valence-corrected chi connectivity index (χ2v) is 4.14. The van der Waals surface area contributed by atoms with Gasteiger partial charge in [-0.05, 0) is 31.7 Å². The van der Waals surface area contributed by atoms with Crippen molar-refractivity contribution in [2.24, 2.45) is 5.92 Å². The van der Waals surface area contributed by atoms with E-state index in [9.17, 15) is 0 Å². The lowest BCUT2D eigenvalue weighted by molar-refractivity contribution is 0.153. The van der Waals surface area contributed by atoms with Crippen LogP contribution in [0.5, 0.6) is 0 Å². The first-order chi connectivity index (χ1) is 6.40. The number of likely N-dealkylation sites (tertiary alicyclic amines) is 1. The number of nitrogens with zero attached hydrogens (tertiary/aromatic N) is 1. The highest BCUT2D eigenvalue weighted by atomic mass is 15.2. The lowest BCUT2D eigenvalue weighted by atomic mass is 9.92. The molecule has 1 heterocycles. The summed E-state index contributed by atoms with van der Waals surface area (Å²) < 4.78 is 0. The van der Waals surface area contributed by atoms with Gasteiger partial charge in [-0.2, -0.15) is 0 Å². The SMILES string of the molecule is CC.CCC1CCN(C2CCC2)C1. The molecule has 0 aromatic heterocycles. The highest BCUT2D eigenvalue weighted by Gasteiger charge is 2.30. The molecule has 1 aliphatic carbocycles. The van der Waals surface area contributed by atoms with E-state index in [1.807, 2.05) is 13.8 Å². The zero-order valence-electron chi connectivity index (χ0n) is 9.55. The summed E-state index contributed by atoms with van der Waals surface area (Å²) in [5, 5.41) is 0. The van der Waals surface area contributed by atoms with Crippen LogP contribution in [0.15, 0.2) is 0 Å². The van der Waals surface area contributed by atoms with Gasteiger partial charge in [0.05, 0.1) is 0 Å². The van der Waals surface area contributed by atoms with Crippen LogP contribution in [-0.4, -0.2) is 24.0 Å². The van der Waals surface area contributed by atoms with Crippen LogP contribution in [0, 0.1) is 5.92 Å². The molecule has 0 N–H and O–H groups in total. The molecule has 0 amide bonds. The first-order valence-corrected chi connectivity index (χ1v) is 6.14. The first kappa shape index (κ1) is 11.0. The minimum atomic E-state index is 0.992. The predicted molar refractivity (Wildman–Crippen MR) is 59.0 cm³/mol. The molecule has 1 atom stereocenters. The molecule has 78 valence electrons. The molecule has 13 heavy (non-hydrogen) atoms. The third-order valence-corrected chi connectivity index (χ3v) is 3.49. The molecule has 1 heteroatoms. The fourth-order valence-electron chi connectivity index (χ4n) is 2.28. The third kappa shape index (κ3) is 2.70. The van der Waals surface area contributed by atoms with Gasteiger partial charge in [-0.15, -0.1) is 0 Å². The van der Waals surface area contributed by atoms with Gasteiger partial charge < -0.3 is 4.90 Å². The molecule has 0 aromatic carbocycles. The van der Waals surface area contributed by atoms with E-state index >= 15 is 0 Å². The van der Waals surface area contributed by atoms with Gasteiger partial charge in [-0.1, -0.05) is 33.6 Å². The van der Waals surface area contributed by atoms with E-state index in [0.29, 0.717) is 0 Å². The van der Waals surface area contributed by atoms with Crippen LogP contribution >= 0.6 is 0 Å². The lowest BCUT2D eigenvalue weighted by Gasteiger charge is -2.34. The van der Waals surface area contributed by atoms with Crippen molar-refractivity contribution in [2.45, 2.75) is 58.9 Å². The summed E-state index contributed by atoms with van der Waals surface area (Å²) in [7, 11) is 0. The van der Waals surface area contributed by atoms with Crippen molar-refractivity contribution < 1.29 is 0 Å². The fourth-order valence-corrected chi connectivity index (χ4v) is 2.28. The number of hydrogen-bond acceptors (Lipinski definition) is 1. The summed E-state index contributed by atoms with van der Waals surface area (Å²) >= 11 is 0. The van der Waals surface area contributed by atoms with Gasteiger partial charge in [0.25, 0.3) is 0 Å². The minimum absolute atomic E-state index is 0.992. The van der Waals surface area contributed by atoms with Gasteiger partial charge in [0, 0.05) is 12.6 Å². The van der Waals surface area contributed by atoms with Crippen molar-refractivity contribution in [2.75, 3.05) is 13.1 Å². The maximum absolute atomic E-state index is 2.72. The Bertz CT molecular complexity index is 129. The highest BCUT2D eigenvalue weighted by molar-refractivity contribution is 4.85. The predicted octanol–water partition coefficient (Wildman–Crippen LogP) is 3.30. The Hall–Kier alpha value is -0.0400. The molecule has 1 aliphatic heterocycles. The van der Waals surface area contributed by atoms with Crippen LogP contribution < -0.4 is 0 Å². The lowest BCUT2D eigenvalue weighted by Crippen LogP contribution is -2.38. The molecule has 0 aromatic rings. The molecule has 2 aliphatic rings. The van der Waals surface area contributed by atoms with E-state index in [1.54, 1.807) is 0 Å². The standard InChI is InChI=1S/C10H19N.C2H6/c1-2-9-6-7-11(8-9)10-4-3-5-10;1-2/h9-10H,2-8H2,1H3;1-2H3. The maximum atomic E-state index is 2.72. The quantitative estimate of drug-likeness (QED) is 0.635. The van der Waals surface area contributed by atoms with Gasteiger partial charge in [-0.3, -0.25) is 0 Å². The van der Waals surface area contributed by atoms with Gasteiger partial charge in [0.1, 0.15) is 0 Å². The van der Waals surface area contributed by atoms with Crippen molar-refractivity contribution >= 4 is 0 Å². The normalized spacial score (nSPS) is 29.3. The van der Waals surface area contributed by atoms with E-state index in [2.05, 4.69) is 11.8 Å². The summed E-state index contributed by atoms with van der Waals surface area (Å²) in [6.45, 7) is 9.12. The van der Waals surface area contributed by atoms with E-state index < -0.39 is 0 Å². The Balaban J connectivity index is 0.000000396. The number of hydrogen-bond donors (Lipinski definition) is 0. The average molecular weight is 183 g/mol. The highest BCUT2D eigenvalue weighted by Crippen LogP contribution is 2.30. The zero-order chi connectivity index (χ0) is 9.68. The van der Waals surface area contributed by atoms with Crippen LogP contribution in [0.25, 0.3) is 0 Å². The molecule has 1 saturated carbocycles. The second kappa shape index (κ2) is 5.64.